The Morgan fingerprint density at radius 2 is 1.83 bits per heavy atom. The summed E-state index contributed by atoms with van der Waals surface area (Å²) >= 11 is 6.05. The zero-order valence-corrected chi connectivity index (χ0v) is 14.9. The van der Waals surface area contributed by atoms with Crippen molar-refractivity contribution in [2.45, 2.75) is 44.8 Å². The Balaban J connectivity index is 1.61. The number of alkyl carbamates (subject to hydrolysis) is 1. The summed E-state index contributed by atoms with van der Waals surface area (Å²) in [6, 6.07) is 16.4. The van der Waals surface area contributed by atoms with Gasteiger partial charge in [0.15, 0.2) is 0 Å². The fourth-order valence-electron chi connectivity index (χ4n) is 2.77. The van der Waals surface area contributed by atoms with Crippen LogP contribution in [0, 0.1) is 0 Å². The average molecular weight is 344 g/mol. The molecular weight excluding hydrogens is 322 g/mol. The van der Waals surface area contributed by atoms with Crippen molar-refractivity contribution in [2.24, 2.45) is 0 Å². The SMILES string of the molecule is CC(C)(C)OC(=O)N[C@@H]1C[C@H]1c1ccc(-c2cccc(Cl)c2)cc1. The predicted octanol–water partition coefficient (Wildman–Crippen LogP) is 5.39. The van der Waals surface area contributed by atoms with Gasteiger partial charge in [-0.1, -0.05) is 48.0 Å². The highest BCUT2D eigenvalue weighted by Gasteiger charge is 2.40. The minimum Gasteiger partial charge on any atom is -0.444 e. The van der Waals surface area contributed by atoms with Gasteiger partial charge in [0.25, 0.3) is 0 Å². The van der Waals surface area contributed by atoms with Crippen LogP contribution in [0.15, 0.2) is 48.5 Å². The molecule has 0 saturated heterocycles. The Labute approximate surface area is 148 Å². The van der Waals surface area contributed by atoms with Gasteiger partial charge in [0.1, 0.15) is 5.60 Å². The zero-order chi connectivity index (χ0) is 17.3. The summed E-state index contributed by atoms with van der Waals surface area (Å²) in [7, 11) is 0. The molecule has 1 aliphatic carbocycles. The number of hydrogen-bond donors (Lipinski definition) is 1. The average Bonchev–Trinajstić information content (AvgIpc) is 3.24. The lowest BCUT2D eigenvalue weighted by atomic mass is 10.0. The Bertz CT molecular complexity index is 734. The van der Waals surface area contributed by atoms with Crippen LogP contribution in [0.5, 0.6) is 0 Å². The van der Waals surface area contributed by atoms with Crippen LogP contribution in [0.25, 0.3) is 11.1 Å². The fraction of sp³-hybridized carbons (Fsp3) is 0.350. The van der Waals surface area contributed by atoms with Crippen LogP contribution >= 0.6 is 11.6 Å². The molecule has 4 heteroatoms. The van der Waals surface area contributed by atoms with E-state index in [1.54, 1.807) is 0 Å². The smallest absolute Gasteiger partial charge is 0.407 e. The first-order valence-electron chi connectivity index (χ1n) is 8.17. The van der Waals surface area contributed by atoms with Crippen molar-refractivity contribution in [3.05, 3.63) is 59.1 Å². The molecule has 0 aromatic heterocycles. The van der Waals surface area contributed by atoms with Crippen molar-refractivity contribution >= 4 is 17.7 Å². The number of benzene rings is 2. The molecule has 0 unspecified atom stereocenters. The molecule has 126 valence electrons. The maximum Gasteiger partial charge on any atom is 0.407 e. The molecule has 0 bridgehead atoms. The highest BCUT2D eigenvalue weighted by molar-refractivity contribution is 6.30. The van der Waals surface area contributed by atoms with Gasteiger partial charge in [-0.2, -0.15) is 0 Å². The molecule has 2 atom stereocenters. The summed E-state index contributed by atoms with van der Waals surface area (Å²) in [5, 5.41) is 3.67. The van der Waals surface area contributed by atoms with Gasteiger partial charge in [-0.05, 0) is 56.0 Å². The lowest BCUT2D eigenvalue weighted by Gasteiger charge is -2.19. The van der Waals surface area contributed by atoms with Gasteiger partial charge in [0.2, 0.25) is 0 Å². The number of hydrogen-bond acceptors (Lipinski definition) is 2. The van der Waals surface area contributed by atoms with Gasteiger partial charge in [0, 0.05) is 17.0 Å². The topological polar surface area (TPSA) is 38.3 Å². The van der Waals surface area contributed by atoms with Crippen LogP contribution in [0.1, 0.15) is 38.7 Å². The lowest BCUT2D eigenvalue weighted by Crippen LogP contribution is -2.34. The largest absolute Gasteiger partial charge is 0.444 e. The first kappa shape index (κ1) is 16.8. The molecule has 1 fully saturated rings. The normalized spacial score (nSPS) is 19.7. The molecule has 1 aliphatic rings. The van der Waals surface area contributed by atoms with Crippen LogP contribution in [-0.2, 0) is 4.74 Å². The van der Waals surface area contributed by atoms with Crippen LogP contribution in [0.2, 0.25) is 5.02 Å². The Hall–Kier alpha value is -2.00. The first-order valence-corrected chi connectivity index (χ1v) is 8.55. The minimum absolute atomic E-state index is 0.164. The molecule has 2 aromatic carbocycles. The second kappa shape index (κ2) is 6.48. The maximum absolute atomic E-state index is 11.8. The molecule has 3 nitrogen and oxygen atoms in total. The van der Waals surface area contributed by atoms with E-state index < -0.39 is 5.60 Å². The van der Waals surface area contributed by atoms with Gasteiger partial charge < -0.3 is 10.1 Å². The van der Waals surface area contributed by atoms with Crippen LogP contribution in [-0.4, -0.2) is 17.7 Å². The number of rotatable bonds is 3. The van der Waals surface area contributed by atoms with Gasteiger partial charge in [0.05, 0.1) is 0 Å². The van der Waals surface area contributed by atoms with Crippen molar-refractivity contribution in [3.63, 3.8) is 0 Å². The van der Waals surface area contributed by atoms with E-state index in [2.05, 4.69) is 29.6 Å². The summed E-state index contributed by atoms with van der Waals surface area (Å²) in [5.74, 6) is 0.367. The van der Waals surface area contributed by atoms with Crippen LogP contribution in [0.4, 0.5) is 4.79 Å². The fourth-order valence-corrected chi connectivity index (χ4v) is 2.96. The molecule has 0 spiro atoms. The van der Waals surface area contributed by atoms with Gasteiger partial charge in [-0.3, -0.25) is 0 Å². The van der Waals surface area contributed by atoms with E-state index >= 15 is 0 Å². The number of amides is 1. The van der Waals surface area contributed by atoms with E-state index in [4.69, 9.17) is 16.3 Å². The second-order valence-electron chi connectivity index (χ2n) is 7.23. The summed E-state index contributed by atoms with van der Waals surface area (Å²) in [5.41, 5.74) is 3.02. The third-order valence-electron chi connectivity index (χ3n) is 3.99. The molecule has 1 saturated carbocycles. The van der Waals surface area contributed by atoms with Crippen molar-refractivity contribution in [1.29, 1.82) is 0 Å². The van der Waals surface area contributed by atoms with E-state index in [-0.39, 0.29) is 12.1 Å². The minimum atomic E-state index is -0.465. The molecule has 1 N–H and O–H groups in total. The monoisotopic (exact) mass is 343 g/mol. The van der Waals surface area contributed by atoms with Crippen molar-refractivity contribution in [3.8, 4) is 11.1 Å². The van der Waals surface area contributed by atoms with Crippen LogP contribution < -0.4 is 5.32 Å². The summed E-state index contributed by atoms with van der Waals surface area (Å²) in [6.45, 7) is 5.60. The Morgan fingerprint density at radius 3 is 2.46 bits per heavy atom. The number of carbonyl (C=O) groups excluding carboxylic acids is 1. The second-order valence-corrected chi connectivity index (χ2v) is 7.66. The third kappa shape index (κ3) is 4.30. The molecule has 0 radical (unpaired) electrons. The van der Waals surface area contributed by atoms with Crippen molar-refractivity contribution in [2.75, 3.05) is 0 Å². The van der Waals surface area contributed by atoms with E-state index in [1.807, 2.05) is 45.0 Å². The van der Waals surface area contributed by atoms with Gasteiger partial charge in [-0.25, -0.2) is 4.79 Å². The molecule has 0 heterocycles. The highest BCUT2D eigenvalue weighted by atomic mass is 35.5. The standard InChI is InChI=1S/C20H22ClNO2/c1-20(2,3)24-19(23)22-18-12-17(18)14-9-7-13(8-10-14)15-5-4-6-16(21)11-15/h4-11,17-18H,12H2,1-3H3,(H,22,23)/t17-,18+/m0/s1. The molecule has 0 aliphatic heterocycles. The molecule has 24 heavy (non-hydrogen) atoms. The van der Waals surface area contributed by atoms with E-state index in [0.29, 0.717) is 5.92 Å². The summed E-state index contributed by atoms with van der Waals surface area (Å²) < 4.78 is 5.30. The van der Waals surface area contributed by atoms with E-state index in [0.717, 1.165) is 22.6 Å². The lowest BCUT2D eigenvalue weighted by molar-refractivity contribution is 0.0523. The molecular formula is C20H22ClNO2. The molecule has 2 aromatic rings. The van der Waals surface area contributed by atoms with Gasteiger partial charge >= 0.3 is 6.09 Å². The third-order valence-corrected chi connectivity index (χ3v) is 4.22. The van der Waals surface area contributed by atoms with Crippen molar-refractivity contribution < 1.29 is 9.53 Å². The zero-order valence-electron chi connectivity index (χ0n) is 14.2. The first-order chi connectivity index (χ1) is 11.3. The maximum atomic E-state index is 11.8. The Kier molecular flexibility index (Phi) is 4.55. The number of carbonyl (C=O) groups is 1. The predicted molar refractivity (Wildman–Crippen MR) is 97.4 cm³/mol. The summed E-state index contributed by atoms with van der Waals surface area (Å²) in [4.78, 5) is 11.8. The molecule has 1 amide bonds. The van der Waals surface area contributed by atoms with E-state index in [9.17, 15) is 4.79 Å². The molecule has 3 rings (SSSR count). The van der Waals surface area contributed by atoms with E-state index in [1.165, 1.54) is 5.56 Å². The number of halogens is 1. The quantitative estimate of drug-likeness (QED) is 0.811. The number of nitrogens with one attached hydrogen (secondary N) is 1. The van der Waals surface area contributed by atoms with Gasteiger partial charge in [-0.15, -0.1) is 0 Å². The highest BCUT2D eigenvalue weighted by Crippen LogP contribution is 2.41. The number of ether oxygens (including phenoxy) is 1. The van der Waals surface area contributed by atoms with Crippen molar-refractivity contribution in [1.82, 2.24) is 5.32 Å². The Morgan fingerprint density at radius 1 is 1.12 bits per heavy atom. The summed E-state index contributed by atoms with van der Waals surface area (Å²) in [6.07, 6.45) is 0.612. The van der Waals surface area contributed by atoms with Crippen LogP contribution in [0.3, 0.4) is 0 Å².